The van der Waals surface area contributed by atoms with Gasteiger partial charge in [0.1, 0.15) is 0 Å². The first-order chi connectivity index (χ1) is 11.8. The summed E-state index contributed by atoms with van der Waals surface area (Å²) in [5, 5.41) is 0. The second kappa shape index (κ2) is 8.53. The van der Waals surface area contributed by atoms with E-state index in [1.807, 2.05) is 0 Å². The van der Waals surface area contributed by atoms with E-state index in [1.165, 1.54) is 31.2 Å². The van der Waals surface area contributed by atoms with Gasteiger partial charge in [-0.3, -0.25) is 0 Å². The molecular weight excluding hydrogens is 309 g/mol. The Morgan fingerprint density at radius 2 is 1.60 bits per heavy atom. The van der Waals surface area contributed by atoms with E-state index < -0.39 is 0 Å². The van der Waals surface area contributed by atoms with Crippen molar-refractivity contribution < 1.29 is 9.31 Å². The average Bonchev–Trinajstić information content (AvgIpc) is 2.78. The number of nitrogens with two attached hydrogens (primary N) is 1. The van der Waals surface area contributed by atoms with Gasteiger partial charge in [0, 0.05) is 6.54 Å². The van der Waals surface area contributed by atoms with Crippen LogP contribution in [0.4, 0.5) is 0 Å². The Morgan fingerprint density at radius 1 is 1.00 bits per heavy atom. The third-order valence-electron chi connectivity index (χ3n) is 5.44. The van der Waals surface area contributed by atoms with Crippen molar-refractivity contribution in [1.29, 1.82) is 0 Å². The molecule has 0 aliphatic carbocycles. The molecule has 0 spiro atoms. The van der Waals surface area contributed by atoms with Gasteiger partial charge in [-0.1, -0.05) is 56.5 Å². The van der Waals surface area contributed by atoms with Crippen LogP contribution in [0.5, 0.6) is 0 Å². The average molecular weight is 343 g/mol. The first-order valence-electron chi connectivity index (χ1n) is 9.64. The standard InChI is InChI=1S/C21H34BNO2/c1-6-7-8-9-10-17-11-13-18(14-12-17)15-19(16-23)22-24-20(2,3)21(4,5)25-22/h11-15H,6-10,16,23H2,1-5H3. The normalized spacial score (nSPS) is 19.4. The zero-order valence-corrected chi connectivity index (χ0v) is 16.6. The lowest BCUT2D eigenvalue weighted by Gasteiger charge is -2.32. The van der Waals surface area contributed by atoms with Gasteiger partial charge in [0.05, 0.1) is 11.2 Å². The number of aryl methyl sites for hydroxylation is 1. The lowest BCUT2D eigenvalue weighted by Crippen LogP contribution is -2.41. The maximum absolute atomic E-state index is 6.12. The molecule has 1 aromatic carbocycles. The number of hydrogen-bond acceptors (Lipinski definition) is 3. The largest absolute Gasteiger partial charge is 0.491 e. The second-order valence-electron chi connectivity index (χ2n) is 8.06. The van der Waals surface area contributed by atoms with Gasteiger partial charge in [-0.2, -0.15) is 0 Å². The quantitative estimate of drug-likeness (QED) is 0.545. The number of benzene rings is 1. The highest BCUT2D eigenvalue weighted by Gasteiger charge is 2.52. The Balaban J connectivity index is 2.02. The van der Waals surface area contributed by atoms with Gasteiger partial charge >= 0.3 is 7.12 Å². The van der Waals surface area contributed by atoms with Crippen LogP contribution in [-0.2, 0) is 15.7 Å². The molecule has 1 saturated heterocycles. The highest BCUT2D eigenvalue weighted by Crippen LogP contribution is 2.38. The van der Waals surface area contributed by atoms with E-state index in [0.29, 0.717) is 6.54 Å². The monoisotopic (exact) mass is 343 g/mol. The molecule has 0 unspecified atom stereocenters. The molecule has 2 N–H and O–H groups in total. The van der Waals surface area contributed by atoms with Gasteiger partial charge in [-0.05, 0) is 57.1 Å². The minimum Gasteiger partial charge on any atom is -0.400 e. The minimum atomic E-state index is -0.372. The summed E-state index contributed by atoms with van der Waals surface area (Å²) in [6, 6.07) is 8.76. The Morgan fingerprint density at radius 3 is 2.12 bits per heavy atom. The van der Waals surface area contributed by atoms with Crippen LogP contribution in [0.1, 0.15) is 71.4 Å². The highest BCUT2D eigenvalue weighted by atomic mass is 16.7. The molecule has 25 heavy (non-hydrogen) atoms. The molecule has 0 radical (unpaired) electrons. The third-order valence-corrected chi connectivity index (χ3v) is 5.44. The van der Waals surface area contributed by atoms with Gasteiger partial charge in [0.25, 0.3) is 0 Å². The molecule has 1 aliphatic heterocycles. The summed E-state index contributed by atoms with van der Waals surface area (Å²) in [6.07, 6.45) is 8.45. The van der Waals surface area contributed by atoms with E-state index in [4.69, 9.17) is 15.0 Å². The molecule has 1 heterocycles. The Labute approximate surface area is 154 Å². The van der Waals surface area contributed by atoms with Crippen LogP contribution < -0.4 is 5.73 Å². The van der Waals surface area contributed by atoms with Crippen molar-refractivity contribution in [2.24, 2.45) is 5.73 Å². The third kappa shape index (κ3) is 5.19. The molecule has 1 aromatic rings. The fraction of sp³-hybridized carbons (Fsp3) is 0.619. The summed E-state index contributed by atoms with van der Waals surface area (Å²) in [5.41, 5.74) is 8.82. The first-order valence-corrected chi connectivity index (χ1v) is 9.64. The molecule has 1 aliphatic rings. The smallest absolute Gasteiger partial charge is 0.400 e. The molecular formula is C21H34BNO2. The van der Waals surface area contributed by atoms with Crippen molar-refractivity contribution in [3.05, 3.63) is 40.9 Å². The number of unbranched alkanes of at least 4 members (excludes halogenated alkanes) is 3. The van der Waals surface area contributed by atoms with Gasteiger partial charge in [0.15, 0.2) is 0 Å². The molecule has 0 saturated carbocycles. The summed E-state index contributed by atoms with van der Waals surface area (Å²) in [6.45, 7) is 10.9. The molecule has 1 fully saturated rings. The van der Waals surface area contributed by atoms with Gasteiger partial charge in [-0.15, -0.1) is 0 Å². The van der Waals surface area contributed by atoms with E-state index >= 15 is 0 Å². The first kappa shape index (κ1) is 20.2. The minimum absolute atomic E-state index is 0.339. The maximum atomic E-state index is 6.12. The van der Waals surface area contributed by atoms with Crippen LogP contribution in [0.15, 0.2) is 29.7 Å². The Kier molecular flexibility index (Phi) is 6.90. The summed E-state index contributed by atoms with van der Waals surface area (Å²) >= 11 is 0. The van der Waals surface area contributed by atoms with Gasteiger partial charge < -0.3 is 15.0 Å². The lowest BCUT2D eigenvalue weighted by molar-refractivity contribution is 0.00578. The topological polar surface area (TPSA) is 44.5 Å². The van der Waals surface area contributed by atoms with Crippen LogP contribution in [0.2, 0.25) is 0 Å². The molecule has 3 nitrogen and oxygen atoms in total. The molecule has 0 aromatic heterocycles. The van der Waals surface area contributed by atoms with Crippen molar-refractivity contribution in [3.63, 3.8) is 0 Å². The van der Waals surface area contributed by atoms with Crippen molar-refractivity contribution in [3.8, 4) is 0 Å². The predicted molar refractivity (Wildman–Crippen MR) is 107 cm³/mol. The zero-order chi connectivity index (χ0) is 18.5. The van der Waals surface area contributed by atoms with Crippen molar-refractivity contribution in [2.75, 3.05) is 6.54 Å². The van der Waals surface area contributed by atoms with E-state index in [9.17, 15) is 0 Å². The predicted octanol–water partition coefficient (Wildman–Crippen LogP) is 4.78. The second-order valence-corrected chi connectivity index (χ2v) is 8.06. The van der Waals surface area contributed by atoms with Crippen molar-refractivity contribution >= 4 is 13.2 Å². The summed E-state index contributed by atoms with van der Waals surface area (Å²) in [7, 11) is -0.372. The van der Waals surface area contributed by atoms with Crippen LogP contribution >= 0.6 is 0 Å². The molecule has 0 bridgehead atoms. The summed E-state index contributed by atoms with van der Waals surface area (Å²) in [4.78, 5) is 0. The Hall–Kier alpha value is -1.10. The van der Waals surface area contributed by atoms with E-state index in [1.54, 1.807) is 0 Å². The molecule has 0 amide bonds. The fourth-order valence-electron chi connectivity index (χ4n) is 2.97. The fourth-order valence-corrected chi connectivity index (χ4v) is 2.97. The van der Waals surface area contributed by atoms with Crippen LogP contribution in [-0.4, -0.2) is 24.9 Å². The maximum Gasteiger partial charge on any atom is 0.491 e. The van der Waals surface area contributed by atoms with Crippen LogP contribution in [0.3, 0.4) is 0 Å². The molecule has 138 valence electrons. The van der Waals surface area contributed by atoms with E-state index in [-0.39, 0.29) is 18.3 Å². The number of hydrogen-bond donors (Lipinski definition) is 1. The van der Waals surface area contributed by atoms with Crippen molar-refractivity contribution in [2.45, 2.75) is 77.9 Å². The highest BCUT2D eigenvalue weighted by molar-refractivity contribution is 6.55. The summed E-state index contributed by atoms with van der Waals surface area (Å²) < 4.78 is 12.2. The zero-order valence-electron chi connectivity index (χ0n) is 16.6. The summed E-state index contributed by atoms with van der Waals surface area (Å²) in [5.74, 6) is 0. The number of rotatable bonds is 8. The molecule has 2 rings (SSSR count). The van der Waals surface area contributed by atoms with Crippen LogP contribution in [0, 0.1) is 0 Å². The lowest BCUT2D eigenvalue weighted by atomic mass is 9.77. The van der Waals surface area contributed by atoms with Gasteiger partial charge in [-0.25, -0.2) is 0 Å². The van der Waals surface area contributed by atoms with Gasteiger partial charge in [0.2, 0.25) is 0 Å². The molecule has 4 heteroatoms. The van der Waals surface area contributed by atoms with Crippen molar-refractivity contribution in [1.82, 2.24) is 0 Å². The molecule has 0 atom stereocenters. The Bertz CT molecular complexity index is 562. The van der Waals surface area contributed by atoms with Crippen LogP contribution in [0.25, 0.3) is 6.08 Å². The van der Waals surface area contributed by atoms with E-state index in [0.717, 1.165) is 17.5 Å². The SMILES string of the molecule is CCCCCCc1ccc(C=C(CN)B2OC(C)(C)C(C)(C)O2)cc1. The van der Waals surface area contributed by atoms with E-state index in [2.05, 4.69) is 65.0 Å².